The molecular formula is C12H19N3O3S. The molecule has 2 amide bonds. The van der Waals surface area contributed by atoms with Gasteiger partial charge >= 0.3 is 12.0 Å². The van der Waals surface area contributed by atoms with E-state index >= 15 is 0 Å². The summed E-state index contributed by atoms with van der Waals surface area (Å²) < 4.78 is 0. The van der Waals surface area contributed by atoms with E-state index in [0.29, 0.717) is 13.0 Å². The molecule has 106 valence electrons. The van der Waals surface area contributed by atoms with Crippen LogP contribution in [-0.2, 0) is 11.2 Å². The van der Waals surface area contributed by atoms with Gasteiger partial charge in [-0.25, -0.2) is 14.6 Å². The number of carbonyl (C=O) groups excluding carboxylic acids is 1. The number of thiazole rings is 1. The average Bonchev–Trinajstić information content (AvgIpc) is 2.77. The standard InChI is InChI=1S/C12H19N3O3S/c1-12(2,3)9(10(16)17)15-11(18)14-5-4-8-13-6-7-19-8/h6-7,9H,4-5H2,1-3H3,(H,16,17)(H2,14,15,18). The fraction of sp³-hybridized carbons (Fsp3) is 0.583. The number of urea groups is 1. The van der Waals surface area contributed by atoms with Crippen LogP contribution in [0, 0.1) is 5.41 Å². The summed E-state index contributed by atoms with van der Waals surface area (Å²) in [6.45, 7) is 5.72. The predicted molar refractivity (Wildman–Crippen MR) is 73.2 cm³/mol. The number of carboxylic acid groups (broad SMARTS) is 1. The Bertz CT molecular complexity index is 426. The van der Waals surface area contributed by atoms with Gasteiger partial charge in [-0.3, -0.25) is 0 Å². The zero-order chi connectivity index (χ0) is 14.5. The number of hydrogen-bond donors (Lipinski definition) is 3. The molecule has 0 aliphatic rings. The molecule has 1 aromatic rings. The number of nitrogens with one attached hydrogen (secondary N) is 2. The number of aliphatic carboxylic acids is 1. The lowest BCUT2D eigenvalue weighted by Gasteiger charge is -2.27. The molecule has 0 aromatic carbocycles. The van der Waals surface area contributed by atoms with Crippen LogP contribution in [0.25, 0.3) is 0 Å². The van der Waals surface area contributed by atoms with Gasteiger partial charge in [-0.05, 0) is 5.41 Å². The van der Waals surface area contributed by atoms with E-state index in [2.05, 4.69) is 15.6 Å². The van der Waals surface area contributed by atoms with E-state index in [4.69, 9.17) is 5.11 Å². The number of rotatable bonds is 5. The molecule has 19 heavy (non-hydrogen) atoms. The summed E-state index contributed by atoms with van der Waals surface area (Å²) >= 11 is 1.52. The van der Waals surface area contributed by atoms with E-state index in [-0.39, 0.29) is 0 Å². The quantitative estimate of drug-likeness (QED) is 0.764. The van der Waals surface area contributed by atoms with E-state index in [1.807, 2.05) is 5.38 Å². The number of amides is 2. The van der Waals surface area contributed by atoms with E-state index in [1.54, 1.807) is 27.0 Å². The molecule has 1 atom stereocenters. The highest BCUT2D eigenvalue weighted by molar-refractivity contribution is 7.09. The van der Waals surface area contributed by atoms with Crippen LogP contribution in [0.5, 0.6) is 0 Å². The largest absolute Gasteiger partial charge is 0.480 e. The van der Waals surface area contributed by atoms with Gasteiger partial charge in [-0.15, -0.1) is 11.3 Å². The molecule has 0 radical (unpaired) electrons. The Morgan fingerprint density at radius 1 is 1.47 bits per heavy atom. The Kier molecular flexibility index (Phi) is 5.29. The maximum absolute atomic E-state index is 11.6. The van der Waals surface area contributed by atoms with Crippen LogP contribution in [0.2, 0.25) is 0 Å². The van der Waals surface area contributed by atoms with Crippen LogP contribution in [-0.4, -0.2) is 34.7 Å². The first kappa shape index (κ1) is 15.4. The first-order chi connectivity index (χ1) is 8.80. The summed E-state index contributed by atoms with van der Waals surface area (Å²) in [4.78, 5) is 26.8. The molecule has 0 fully saturated rings. The molecule has 3 N–H and O–H groups in total. The van der Waals surface area contributed by atoms with Gasteiger partial charge in [-0.2, -0.15) is 0 Å². The molecule has 0 bridgehead atoms. The normalized spacial score (nSPS) is 12.8. The summed E-state index contributed by atoms with van der Waals surface area (Å²) in [7, 11) is 0. The van der Waals surface area contributed by atoms with Crippen LogP contribution in [0.4, 0.5) is 4.79 Å². The van der Waals surface area contributed by atoms with E-state index in [1.165, 1.54) is 11.3 Å². The third-order valence-electron chi connectivity index (χ3n) is 2.50. The lowest BCUT2D eigenvalue weighted by Crippen LogP contribution is -2.52. The highest BCUT2D eigenvalue weighted by Gasteiger charge is 2.32. The number of nitrogens with zero attached hydrogens (tertiary/aromatic N) is 1. The molecule has 0 saturated heterocycles. The fourth-order valence-corrected chi connectivity index (χ4v) is 2.11. The minimum atomic E-state index is -1.04. The first-order valence-electron chi connectivity index (χ1n) is 5.96. The van der Waals surface area contributed by atoms with Crippen molar-refractivity contribution in [3.63, 3.8) is 0 Å². The molecule has 1 rings (SSSR count). The van der Waals surface area contributed by atoms with Crippen molar-refractivity contribution in [2.24, 2.45) is 5.41 Å². The maximum atomic E-state index is 11.6. The Balaban J connectivity index is 2.39. The monoisotopic (exact) mass is 285 g/mol. The van der Waals surface area contributed by atoms with Gasteiger partial charge in [0.05, 0.1) is 5.01 Å². The molecule has 0 saturated carbocycles. The van der Waals surface area contributed by atoms with Crippen molar-refractivity contribution in [3.05, 3.63) is 16.6 Å². The lowest BCUT2D eigenvalue weighted by atomic mass is 9.87. The Labute approximate surface area is 116 Å². The molecule has 7 heteroatoms. The van der Waals surface area contributed by atoms with Crippen molar-refractivity contribution in [3.8, 4) is 0 Å². The van der Waals surface area contributed by atoms with E-state index in [0.717, 1.165) is 5.01 Å². The number of carboxylic acids is 1. The predicted octanol–water partition coefficient (Wildman–Crippen LogP) is 1.48. The minimum Gasteiger partial charge on any atom is -0.480 e. The maximum Gasteiger partial charge on any atom is 0.326 e. The summed E-state index contributed by atoms with van der Waals surface area (Å²) in [6, 6.07) is -1.40. The van der Waals surface area contributed by atoms with E-state index < -0.39 is 23.5 Å². The Morgan fingerprint density at radius 2 is 2.16 bits per heavy atom. The van der Waals surface area contributed by atoms with Crippen molar-refractivity contribution in [2.45, 2.75) is 33.2 Å². The van der Waals surface area contributed by atoms with Crippen molar-refractivity contribution in [1.29, 1.82) is 0 Å². The second kappa shape index (κ2) is 6.51. The summed E-state index contributed by atoms with van der Waals surface area (Å²) in [5, 5.41) is 17.0. The van der Waals surface area contributed by atoms with Gasteiger partial charge in [0, 0.05) is 24.5 Å². The third kappa shape index (κ3) is 5.25. The van der Waals surface area contributed by atoms with Gasteiger partial charge in [-0.1, -0.05) is 20.8 Å². The molecule has 1 aromatic heterocycles. The second-order valence-electron chi connectivity index (χ2n) is 5.21. The smallest absolute Gasteiger partial charge is 0.326 e. The fourth-order valence-electron chi connectivity index (χ4n) is 1.49. The summed E-state index contributed by atoms with van der Waals surface area (Å²) in [5.41, 5.74) is -0.543. The van der Waals surface area contributed by atoms with Crippen LogP contribution < -0.4 is 10.6 Å². The molecule has 0 aliphatic carbocycles. The summed E-state index contributed by atoms with van der Waals surface area (Å²) in [5.74, 6) is -1.04. The Morgan fingerprint density at radius 3 is 2.63 bits per heavy atom. The highest BCUT2D eigenvalue weighted by atomic mass is 32.1. The zero-order valence-corrected chi connectivity index (χ0v) is 12.1. The van der Waals surface area contributed by atoms with Crippen LogP contribution in [0.3, 0.4) is 0 Å². The zero-order valence-electron chi connectivity index (χ0n) is 11.3. The second-order valence-corrected chi connectivity index (χ2v) is 6.19. The molecule has 1 unspecified atom stereocenters. The van der Waals surface area contributed by atoms with Crippen molar-refractivity contribution >= 4 is 23.3 Å². The van der Waals surface area contributed by atoms with Crippen molar-refractivity contribution in [2.75, 3.05) is 6.54 Å². The average molecular weight is 285 g/mol. The van der Waals surface area contributed by atoms with Gasteiger partial charge in [0.2, 0.25) is 0 Å². The van der Waals surface area contributed by atoms with Crippen molar-refractivity contribution < 1.29 is 14.7 Å². The van der Waals surface area contributed by atoms with Gasteiger partial charge < -0.3 is 15.7 Å². The molecule has 0 spiro atoms. The third-order valence-corrected chi connectivity index (χ3v) is 3.34. The van der Waals surface area contributed by atoms with Crippen LogP contribution in [0.15, 0.2) is 11.6 Å². The Hall–Kier alpha value is -1.63. The van der Waals surface area contributed by atoms with E-state index in [9.17, 15) is 9.59 Å². The number of carbonyl (C=O) groups is 2. The van der Waals surface area contributed by atoms with Crippen molar-refractivity contribution in [1.82, 2.24) is 15.6 Å². The van der Waals surface area contributed by atoms with Crippen LogP contribution in [0.1, 0.15) is 25.8 Å². The number of hydrogen-bond acceptors (Lipinski definition) is 4. The number of aromatic nitrogens is 1. The molecule has 0 aliphatic heterocycles. The lowest BCUT2D eigenvalue weighted by molar-refractivity contribution is -0.141. The van der Waals surface area contributed by atoms with Gasteiger partial charge in [0.15, 0.2) is 0 Å². The molecule has 6 nitrogen and oxygen atoms in total. The summed E-state index contributed by atoms with van der Waals surface area (Å²) in [6.07, 6.45) is 2.35. The minimum absolute atomic E-state index is 0.426. The molecular weight excluding hydrogens is 266 g/mol. The topological polar surface area (TPSA) is 91.3 Å². The van der Waals surface area contributed by atoms with Gasteiger partial charge in [0.25, 0.3) is 0 Å². The molecule has 1 heterocycles. The SMILES string of the molecule is CC(C)(C)C(NC(=O)NCCc1nccs1)C(=O)O. The first-order valence-corrected chi connectivity index (χ1v) is 6.84. The van der Waals surface area contributed by atoms with Crippen LogP contribution >= 0.6 is 11.3 Å². The van der Waals surface area contributed by atoms with Gasteiger partial charge in [0.1, 0.15) is 6.04 Å². The highest BCUT2D eigenvalue weighted by Crippen LogP contribution is 2.19.